The number of benzene rings is 2. The first-order valence-electron chi connectivity index (χ1n) is 12.4. The summed E-state index contributed by atoms with van der Waals surface area (Å²) in [7, 11) is 0. The van der Waals surface area contributed by atoms with Crippen LogP contribution in [0.1, 0.15) is 19.8 Å². The number of rotatable bonds is 6. The van der Waals surface area contributed by atoms with Gasteiger partial charge in [-0.2, -0.15) is 5.10 Å². The van der Waals surface area contributed by atoms with Crippen molar-refractivity contribution < 1.29 is 23.0 Å². The van der Waals surface area contributed by atoms with Crippen molar-refractivity contribution in [3.63, 3.8) is 0 Å². The van der Waals surface area contributed by atoms with Crippen LogP contribution in [-0.2, 0) is 11.3 Å². The van der Waals surface area contributed by atoms with Gasteiger partial charge in [-0.25, -0.2) is 9.67 Å². The van der Waals surface area contributed by atoms with Gasteiger partial charge in [0.15, 0.2) is 17.0 Å². The van der Waals surface area contributed by atoms with Crippen LogP contribution >= 0.6 is 11.6 Å². The van der Waals surface area contributed by atoms with Gasteiger partial charge in [-0.3, -0.25) is 9.59 Å². The number of anilines is 2. The van der Waals surface area contributed by atoms with Crippen LogP contribution in [0.2, 0.25) is 5.02 Å². The van der Waals surface area contributed by atoms with E-state index in [1.807, 2.05) is 12.1 Å². The molecule has 0 saturated carbocycles. The number of H-pyrrole nitrogens is 1. The quantitative estimate of drug-likeness (QED) is 0.375. The Morgan fingerprint density at radius 2 is 1.92 bits per heavy atom. The molecule has 2 aromatic heterocycles. The predicted octanol–water partition coefficient (Wildman–Crippen LogP) is 4.41. The van der Waals surface area contributed by atoms with E-state index in [1.165, 1.54) is 29.4 Å². The van der Waals surface area contributed by atoms with Crippen molar-refractivity contribution in [1.82, 2.24) is 19.7 Å². The lowest BCUT2D eigenvalue weighted by Crippen LogP contribution is -2.37. The summed E-state index contributed by atoms with van der Waals surface area (Å²) in [5, 5.41) is 5.06. The number of aromatic amines is 1. The molecule has 1 fully saturated rings. The molecule has 4 heterocycles. The van der Waals surface area contributed by atoms with Gasteiger partial charge in [-0.1, -0.05) is 11.6 Å². The largest absolute Gasteiger partial charge is 0.586 e. The lowest BCUT2D eigenvalue weighted by molar-refractivity contribution is -0.286. The fourth-order valence-corrected chi connectivity index (χ4v) is 5.20. The number of carbonyl (C=O) groups is 1. The molecule has 1 N–H and O–H groups in total. The summed E-state index contributed by atoms with van der Waals surface area (Å²) in [5.74, 6) is -0.801. The minimum Gasteiger partial charge on any atom is -0.395 e. The number of aromatic nitrogens is 4. The maximum atomic E-state index is 13.5. The Bertz CT molecular complexity index is 1650. The molecule has 39 heavy (non-hydrogen) atoms. The Kier molecular flexibility index (Phi) is 6.13. The topological polar surface area (TPSA) is 106 Å². The van der Waals surface area contributed by atoms with Crippen LogP contribution in [0.25, 0.3) is 22.3 Å². The van der Waals surface area contributed by atoms with Gasteiger partial charge < -0.3 is 24.3 Å². The monoisotopic (exact) mass is 556 g/mol. The number of hydrogen-bond acceptors (Lipinski definition) is 7. The number of alkyl halides is 2. The summed E-state index contributed by atoms with van der Waals surface area (Å²) in [5.41, 5.74) is 2.36. The minimum atomic E-state index is -3.77. The predicted molar refractivity (Wildman–Crippen MR) is 141 cm³/mol. The zero-order valence-corrected chi connectivity index (χ0v) is 21.5. The first-order valence-corrected chi connectivity index (χ1v) is 12.8. The van der Waals surface area contributed by atoms with Gasteiger partial charge in [-0.15, -0.1) is 8.78 Å². The summed E-state index contributed by atoms with van der Waals surface area (Å²) >= 11 is 6.47. The van der Waals surface area contributed by atoms with Crippen LogP contribution in [0.15, 0.2) is 47.5 Å². The molecule has 10 nitrogen and oxygen atoms in total. The molecule has 13 heteroatoms. The SMILES string of the molecule is CCN(C(=O)Cn1nc(-c2cc(Cl)cc(N3CCCC3)c2)c2[nH]cnc2c1=O)c1ccc2c(c1)OC(F)(F)O2. The van der Waals surface area contributed by atoms with Crippen molar-refractivity contribution in [2.75, 3.05) is 29.4 Å². The second-order valence-corrected chi connectivity index (χ2v) is 9.70. The third kappa shape index (κ3) is 4.65. The average Bonchev–Trinajstić information content (AvgIpc) is 3.65. The molecule has 0 spiro atoms. The smallest absolute Gasteiger partial charge is 0.395 e. The van der Waals surface area contributed by atoms with E-state index in [2.05, 4.69) is 29.4 Å². The first-order chi connectivity index (χ1) is 18.7. The van der Waals surface area contributed by atoms with Crippen molar-refractivity contribution in [3.8, 4) is 22.8 Å². The number of imidazole rings is 1. The van der Waals surface area contributed by atoms with Crippen LogP contribution in [-0.4, -0.2) is 51.6 Å². The van der Waals surface area contributed by atoms with Crippen LogP contribution in [0.4, 0.5) is 20.2 Å². The van der Waals surface area contributed by atoms with E-state index in [9.17, 15) is 18.4 Å². The number of fused-ring (bicyclic) bond motifs is 2. The van der Waals surface area contributed by atoms with Crippen LogP contribution in [0.5, 0.6) is 11.5 Å². The molecule has 6 rings (SSSR count). The highest BCUT2D eigenvalue weighted by atomic mass is 35.5. The van der Waals surface area contributed by atoms with Gasteiger partial charge in [0.2, 0.25) is 5.91 Å². The van der Waals surface area contributed by atoms with Crippen LogP contribution in [0.3, 0.4) is 0 Å². The van der Waals surface area contributed by atoms with Crippen molar-refractivity contribution >= 4 is 39.9 Å². The number of halogens is 3. The third-order valence-electron chi connectivity index (χ3n) is 6.76. The first kappa shape index (κ1) is 25.1. The van der Waals surface area contributed by atoms with Crippen LogP contribution < -0.4 is 24.8 Å². The van der Waals surface area contributed by atoms with E-state index < -0.39 is 24.3 Å². The highest BCUT2D eigenvalue weighted by molar-refractivity contribution is 6.31. The van der Waals surface area contributed by atoms with Gasteiger partial charge in [0, 0.05) is 47.7 Å². The Hall–Kier alpha value is -4.19. The van der Waals surface area contributed by atoms with Crippen molar-refractivity contribution in [2.45, 2.75) is 32.6 Å². The standard InChI is InChI=1S/C26H23ClF2N6O4/c1-2-34(17-5-6-19-20(12-17)39-26(28,29)38-19)21(36)13-35-25(37)24-23(30-14-31-24)22(32-35)15-9-16(27)11-18(10-15)33-7-3-4-8-33/h5-6,9-12,14H,2-4,7-8,13H2,1H3,(H,30,31). The number of hydrogen-bond donors (Lipinski definition) is 1. The molecule has 0 aliphatic carbocycles. The number of carbonyl (C=O) groups excluding carboxylic acids is 1. The van der Waals surface area contributed by atoms with Gasteiger partial charge in [0.1, 0.15) is 12.2 Å². The van der Waals surface area contributed by atoms with E-state index >= 15 is 0 Å². The van der Waals surface area contributed by atoms with Gasteiger partial charge in [0.25, 0.3) is 5.56 Å². The number of likely N-dealkylation sites (N-methyl/N-ethyl adjacent to an activating group) is 1. The lowest BCUT2D eigenvalue weighted by Gasteiger charge is -2.22. The van der Waals surface area contributed by atoms with E-state index in [4.69, 9.17) is 11.6 Å². The van der Waals surface area contributed by atoms with E-state index in [-0.39, 0.29) is 23.6 Å². The fourth-order valence-electron chi connectivity index (χ4n) is 4.98. The molecule has 1 saturated heterocycles. The zero-order valence-electron chi connectivity index (χ0n) is 20.8. The Labute approximate surface area is 225 Å². The summed E-state index contributed by atoms with van der Waals surface area (Å²) in [6.07, 6.45) is -0.186. The molecule has 0 unspecified atom stereocenters. The molecule has 0 atom stereocenters. The summed E-state index contributed by atoms with van der Waals surface area (Å²) in [6, 6.07) is 9.66. The van der Waals surface area contributed by atoms with Crippen molar-refractivity contribution in [1.29, 1.82) is 0 Å². The van der Waals surface area contributed by atoms with E-state index in [0.29, 0.717) is 27.5 Å². The van der Waals surface area contributed by atoms with E-state index in [1.54, 1.807) is 13.0 Å². The average molecular weight is 557 g/mol. The Morgan fingerprint density at radius 3 is 2.69 bits per heavy atom. The third-order valence-corrected chi connectivity index (χ3v) is 6.98. The second kappa shape index (κ2) is 9.53. The molecule has 2 aromatic carbocycles. The molecule has 2 aliphatic rings. The molecular weight excluding hydrogens is 534 g/mol. The maximum Gasteiger partial charge on any atom is 0.586 e. The van der Waals surface area contributed by atoms with Gasteiger partial charge >= 0.3 is 6.29 Å². The number of amides is 1. The highest BCUT2D eigenvalue weighted by Gasteiger charge is 2.43. The number of nitrogens with one attached hydrogen (secondary N) is 1. The van der Waals surface area contributed by atoms with Crippen molar-refractivity contribution in [2.24, 2.45) is 0 Å². The molecule has 0 radical (unpaired) electrons. The lowest BCUT2D eigenvalue weighted by atomic mass is 10.1. The molecule has 202 valence electrons. The fraction of sp³-hybridized carbons (Fsp3) is 0.308. The van der Waals surface area contributed by atoms with Crippen molar-refractivity contribution in [3.05, 3.63) is 58.1 Å². The Balaban J connectivity index is 1.35. The highest BCUT2D eigenvalue weighted by Crippen LogP contribution is 2.43. The summed E-state index contributed by atoms with van der Waals surface area (Å²) in [6.45, 7) is 3.36. The van der Waals surface area contributed by atoms with E-state index in [0.717, 1.165) is 36.3 Å². The molecular formula is C26H23ClF2N6O4. The van der Waals surface area contributed by atoms with Crippen LogP contribution in [0, 0.1) is 0 Å². The Morgan fingerprint density at radius 1 is 1.15 bits per heavy atom. The molecule has 0 bridgehead atoms. The maximum absolute atomic E-state index is 13.5. The second-order valence-electron chi connectivity index (χ2n) is 9.27. The zero-order chi connectivity index (χ0) is 27.3. The normalized spacial score (nSPS) is 15.7. The molecule has 2 aliphatic heterocycles. The number of nitrogens with zero attached hydrogens (tertiary/aromatic N) is 5. The minimum absolute atomic E-state index is 0.129. The molecule has 4 aromatic rings. The molecule has 1 amide bonds. The van der Waals surface area contributed by atoms with Gasteiger partial charge in [0.05, 0.1) is 11.8 Å². The van der Waals surface area contributed by atoms with Gasteiger partial charge in [-0.05, 0) is 50.1 Å². The summed E-state index contributed by atoms with van der Waals surface area (Å²) < 4.78 is 36.9. The number of ether oxygens (including phenoxy) is 2. The summed E-state index contributed by atoms with van der Waals surface area (Å²) in [4.78, 5) is 37.3.